The lowest BCUT2D eigenvalue weighted by molar-refractivity contribution is 0.443. The summed E-state index contributed by atoms with van der Waals surface area (Å²) in [4.78, 5) is 4.85. The van der Waals surface area contributed by atoms with Crippen LogP contribution in [0.25, 0.3) is 53.3 Å². The molecule has 0 unspecified atom stereocenters. The predicted molar refractivity (Wildman–Crippen MR) is 151 cm³/mol. The molecule has 0 bridgehead atoms. The monoisotopic (exact) mass is 469 g/mol. The van der Waals surface area contributed by atoms with E-state index >= 15 is 0 Å². The first-order valence-corrected chi connectivity index (χ1v) is 13.6. The summed E-state index contributed by atoms with van der Waals surface area (Å²) < 4.78 is 2.67. The molecule has 4 aromatic carbocycles. The van der Waals surface area contributed by atoms with Crippen molar-refractivity contribution in [3.05, 3.63) is 103 Å². The molecule has 0 aliphatic heterocycles. The van der Waals surface area contributed by atoms with Crippen molar-refractivity contribution in [2.45, 2.75) is 38.0 Å². The third-order valence-electron chi connectivity index (χ3n) is 7.74. The number of thiophene rings is 1. The SMILES string of the molecule is c1ccc2c(-c3cccc4sc5c(-c6cc(C7CCCCC7)ccn6)cccc5c34)cccc2c1. The quantitative estimate of drug-likeness (QED) is 0.251. The van der Waals surface area contributed by atoms with Crippen LogP contribution in [0.2, 0.25) is 0 Å². The molecule has 2 heteroatoms. The van der Waals surface area contributed by atoms with Gasteiger partial charge in [0, 0.05) is 31.9 Å². The van der Waals surface area contributed by atoms with Crippen molar-refractivity contribution in [2.24, 2.45) is 0 Å². The van der Waals surface area contributed by atoms with Crippen molar-refractivity contribution >= 4 is 42.3 Å². The molecule has 1 saturated carbocycles. The third kappa shape index (κ3) is 3.56. The molecule has 0 radical (unpaired) electrons. The Kier molecular flexibility index (Phi) is 5.14. The van der Waals surface area contributed by atoms with E-state index in [9.17, 15) is 0 Å². The summed E-state index contributed by atoms with van der Waals surface area (Å²) in [5, 5.41) is 5.27. The first kappa shape index (κ1) is 20.8. The van der Waals surface area contributed by atoms with Crippen molar-refractivity contribution in [3.8, 4) is 22.4 Å². The maximum Gasteiger partial charge on any atom is 0.0719 e. The van der Waals surface area contributed by atoms with Gasteiger partial charge in [0.25, 0.3) is 0 Å². The average Bonchev–Trinajstić information content (AvgIpc) is 3.32. The number of hydrogen-bond donors (Lipinski definition) is 0. The van der Waals surface area contributed by atoms with E-state index < -0.39 is 0 Å². The summed E-state index contributed by atoms with van der Waals surface area (Å²) >= 11 is 1.90. The molecular weight excluding hydrogens is 442 g/mol. The second-order valence-corrected chi connectivity index (χ2v) is 10.9. The van der Waals surface area contributed by atoms with Gasteiger partial charge in [0.15, 0.2) is 0 Å². The van der Waals surface area contributed by atoms with Crippen LogP contribution < -0.4 is 0 Å². The lowest BCUT2D eigenvalue weighted by Gasteiger charge is -2.22. The van der Waals surface area contributed by atoms with Gasteiger partial charge in [-0.15, -0.1) is 11.3 Å². The third-order valence-corrected chi connectivity index (χ3v) is 8.94. The topological polar surface area (TPSA) is 12.9 Å². The van der Waals surface area contributed by atoms with E-state index in [1.165, 1.54) is 85.3 Å². The Morgan fingerprint density at radius 3 is 2.34 bits per heavy atom. The fourth-order valence-corrected chi connectivity index (χ4v) is 7.27. The molecule has 35 heavy (non-hydrogen) atoms. The van der Waals surface area contributed by atoms with Gasteiger partial charge in [-0.05, 0) is 64.4 Å². The number of nitrogens with zero attached hydrogens (tertiary/aromatic N) is 1. The van der Waals surface area contributed by atoms with Gasteiger partial charge in [-0.25, -0.2) is 0 Å². The number of rotatable bonds is 3. The van der Waals surface area contributed by atoms with Gasteiger partial charge < -0.3 is 0 Å². The minimum absolute atomic E-state index is 0.685. The van der Waals surface area contributed by atoms with E-state index in [1.54, 1.807) is 0 Å². The Balaban J connectivity index is 1.43. The minimum atomic E-state index is 0.685. The van der Waals surface area contributed by atoms with Crippen molar-refractivity contribution < 1.29 is 0 Å². The number of hydrogen-bond acceptors (Lipinski definition) is 2. The van der Waals surface area contributed by atoms with Crippen LogP contribution in [0.1, 0.15) is 43.6 Å². The van der Waals surface area contributed by atoms with Crippen molar-refractivity contribution in [1.82, 2.24) is 4.98 Å². The number of aromatic nitrogens is 1. The van der Waals surface area contributed by atoms with E-state index in [2.05, 4.69) is 91.0 Å². The second-order valence-electron chi connectivity index (χ2n) is 9.80. The first-order chi connectivity index (χ1) is 17.4. The molecule has 6 aromatic rings. The summed E-state index contributed by atoms with van der Waals surface area (Å²) in [6, 6.07) is 33.4. The first-order valence-electron chi connectivity index (χ1n) is 12.8. The maximum absolute atomic E-state index is 4.85. The van der Waals surface area contributed by atoms with Gasteiger partial charge in [0.2, 0.25) is 0 Å². The highest BCUT2D eigenvalue weighted by Gasteiger charge is 2.19. The molecule has 1 aliphatic carbocycles. The smallest absolute Gasteiger partial charge is 0.0719 e. The highest BCUT2D eigenvalue weighted by Crippen LogP contribution is 2.45. The van der Waals surface area contributed by atoms with E-state index in [4.69, 9.17) is 4.98 Å². The Hall–Kier alpha value is -3.49. The van der Waals surface area contributed by atoms with Crippen LogP contribution in [0.15, 0.2) is 97.2 Å². The zero-order valence-electron chi connectivity index (χ0n) is 19.7. The van der Waals surface area contributed by atoms with Crippen LogP contribution in [0, 0.1) is 0 Å². The molecule has 0 amide bonds. The standard InChI is InChI=1S/C33H27NS/c1-2-9-22(10-3-1)24-19-20-34-30(21-24)28-16-7-17-29-32-27(15-8-18-31(32)35-33(28)29)26-14-6-12-23-11-4-5-13-25(23)26/h4-8,11-22H,1-3,9-10H2. The average molecular weight is 470 g/mol. The second kappa shape index (κ2) is 8.62. The summed E-state index contributed by atoms with van der Waals surface area (Å²) in [5.74, 6) is 0.685. The van der Waals surface area contributed by atoms with E-state index in [-0.39, 0.29) is 0 Å². The zero-order valence-corrected chi connectivity index (χ0v) is 20.5. The zero-order chi connectivity index (χ0) is 23.2. The van der Waals surface area contributed by atoms with Crippen LogP contribution in [-0.2, 0) is 0 Å². The minimum Gasteiger partial charge on any atom is -0.256 e. The molecule has 2 heterocycles. The summed E-state index contributed by atoms with van der Waals surface area (Å²) in [6.45, 7) is 0. The van der Waals surface area contributed by atoms with E-state index in [0.717, 1.165) is 5.69 Å². The molecule has 7 rings (SSSR count). The highest BCUT2D eigenvalue weighted by molar-refractivity contribution is 7.26. The van der Waals surface area contributed by atoms with Gasteiger partial charge >= 0.3 is 0 Å². The Labute approximate surface area is 210 Å². The number of pyridine rings is 1. The molecular formula is C33H27NS. The van der Waals surface area contributed by atoms with Crippen molar-refractivity contribution in [2.75, 3.05) is 0 Å². The van der Waals surface area contributed by atoms with Crippen molar-refractivity contribution in [1.29, 1.82) is 0 Å². The largest absolute Gasteiger partial charge is 0.256 e. The van der Waals surface area contributed by atoms with Gasteiger partial charge in [-0.2, -0.15) is 0 Å². The molecule has 1 nitrogen and oxygen atoms in total. The van der Waals surface area contributed by atoms with Crippen molar-refractivity contribution in [3.63, 3.8) is 0 Å². The number of benzene rings is 4. The Morgan fingerprint density at radius 2 is 1.40 bits per heavy atom. The van der Waals surface area contributed by atoms with Gasteiger partial charge in [-0.3, -0.25) is 4.98 Å². The van der Waals surface area contributed by atoms with E-state index in [1.807, 2.05) is 17.5 Å². The van der Waals surface area contributed by atoms with Gasteiger partial charge in [0.1, 0.15) is 0 Å². The van der Waals surface area contributed by atoms with Crippen LogP contribution >= 0.6 is 11.3 Å². The Bertz CT molecular complexity index is 1680. The molecule has 170 valence electrons. The predicted octanol–water partition coefficient (Wildman–Crippen LogP) is 9.98. The summed E-state index contributed by atoms with van der Waals surface area (Å²) in [5.41, 5.74) is 6.44. The molecule has 0 spiro atoms. The molecule has 1 fully saturated rings. The van der Waals surface area contributed by atoms with E-state index in [0.29, 0.717) is 5.92 Å². The molecule has 2 aromatic heterocycles. The molecule has 0 saturated heterocycles. The molecule has 0 N–H and O–H groups in total. The van der Waals surface area contributed by atoms with Crippen LogP contribution in [0.4, 0.5) is 0 Å². The molecule has 1 aliphatic rings. The lowest BCUT2D eigenvalue weighted by Crippen LogP contribution is -2.04. The highest BCUT2D eigenvalue weighted by atomic mass is 32.1. The number of fused-ring (bicyclic) bond motifs is 4. The van der Waals surface area contributed by atoms with Gasteiger partial charge in [0.05, 0.1) is 5.69 Å². The summed E-state index contributed by atoms with van der Waals surface area (Å²) in [7, 11) is 0. The fraction of sp³-hybridized carbons (Fsp3) is 0.182. The van der Waals surface area contributed by atoms with Crippen LogP contribution in [0.5, 0.6) is 0 Å². The molecule has 0 atom stereocenters. The normalized spacial score (nSPS) is 14.7. The van der Waals surface area contributed by atoms with Gasteiger partial charge in [-0.1, -0.05) is 92.1 Å². The van der Waals surface area contributed by atoms with Crippen LogP contribution in [0.3, 0.4) is 0 Å². The van der Waals surface area contributed by atoms with Crippen LogP contribution in [-0.4, -0.2) is 4.98 Å². The lowest BCUT2D eigenvalue weighted by atomic mass is 9.84. The maximum atomic E-state index is 4.85. The fourth-order valence-electron chi connectivity index (χ4n) is 6.02. The summed E-state index contributed by atoms with van der Waals surface area (Å²) in [6.07, 6.45) is 8.73. The Morgan fingerprint density at radius 1 is 0.657 bits per heavy atom.